The zero-order valence-electron chi connectivity index (χ0n) is 9.11. The molecule has 2 aromatic rings. The van der Waals surface area contributed by atoms with E-state index >= 15 is 0 Å². The molecule has 92 valence electrons. The molecule has 17 heavy (non-hydrogen) atoms. The van der Waals surface area contributed by atoms with Crippen molar-refractivity contribution in [3.63, 3.8) is 0 Å². The Morgan fingerprint density at radius 2 is 2.29 bits per heavy atom. The van der Waals surface area contributed by atoms with E-state index in [-0.39, 0.29) is 11.0 Å². The minimum absolute atomic E-state index is 0.0150. The monoisotopic (exact) mass is 275 g/mol. The quantitative estimate of drug-likeness (QED) is 0.929. The molecule has 0 aliphatic rings. The van der Waals surface area contributed by atoms with Crippen LogP contribution >= 0.6 is 11.6 Å². The first-order valence-corrected chi connectivity index (χ1v) is 7.00. The van der Waals surface area contributed by atoms with Crippen molar-refractivity contribution in [3.8, 4) is 0 Å². The molecule has 1 aromatic carbocycles. The predicted molar refractivity (Wildman–Crippen MR) is 68.0 cm³/mol. The van der Waals surface area contributed by atoms with Crippen molar-refractivity contribution in [3.05, 3.63) is 23.0 Å². The fourth-order valence-corrected chi connectivity index (χ4v) is 2.19. The van der Waals surface area contributed by atoms with Gasteiger partial charge in [0.1, 0.15) is 5.82 Å². The van der Waals surface area contributed by atoms with Crippen molar-refractivity contribution in [2.45, 2.75) is 6.54 Å². The Balaban J connectivity index is 2.50. The lowest BCUT2D eigenvalue weighted by molar-refractivity contribution is 0.628. The first-order valence-electron chi connectivity index (χ1n) is 4.90. The summed E-state index contributed by atoms with van der Waals surface area (Å²) in [5, 5.41) is 0.0150. The number of hydrogen-bond acceptors (Lipinski definition) is 3. The standard InChI is InChI=1S/C10H11ClFN3OS/c1-17(16)3-2-15-9-5-7(12)6(11)4-8(9)14-10(15)13/h4-5H,2-3H2,1H3,(H2,13,14). The summed E-state index contributed by atoms with van der Waals surface area (Å²) >= 11 is 5.66. The Morgan fingerprint density at radius 1 is 1.59 bits per heavy atom. The molecule has 0 saturated carbocycles. The Bertz CT molecular complexity index is 599. The molecule has 7 heteroatoms. The number of nitrogens with zero attached hydrogens (tertiary/aromatic N) is 2. The molecule has 1 atom stereocenters. The Labute approximate surface area is 105 Å². The summed E-state index contributed by atoms with van der Waals surface area (Å²) in [6, 6.07) is 2.72. The molecule has 0 aliphatic heterocycles. The molecule has 0 bridgehead atoms. The van der Waals surface area contributed by atoms with Crippen LogP contribution in [0, 0.1) is 5.82 Å². The minimum atomic E-state index is -0.935. The van der Waals surface area contributed by atoms with E-state index in [0.717, 1.165) is 0 Å². The van der Waals surface area contributed by atoms with Crippen molar-refractivity contribution in [2.24, 2.45) is 0 Å². The van der Waals surface area contributed by atoms with E-state index in [1.165, 1.54) is 12.1 Å². The molecule has 0 radical (unpaired) electrons. The van der Waals surface area contributed by atoms with Gasteiger partial charge in [0.15, 0.2) is 0 Å². The highest BCUT2D eigenvalue weighted by molar-refractivity contribution is 7.84. The molecule has 1 heterocycles. The van der Waals surface area contributed by atoms with Crippen LogP contribution in [0.15, 0.2) is 12.1 Å². The minimum Gasteiger partial charge on any atom is -0.369 e. The number of hydrogen-bond donors (Lipinski definition) is 1. The van der Waals surface area contributed by atoms with Gasteiger partial charge in [-0.3, -0.25) is 4.21 Å². The summed E-state index contributed by atoms with van der Waals surface area (Å²) in [6.07, 6.45) is 1.60. The molecule has 2 N–H and O–H groups in total. The summed E-state index contributed by atoms with van der Waals surface area (Å²) in [5.74, 6) is 0.199. The summed E-state index contributed by atoms with van der Waals surface area (Å²) in [7, 11) is -0.935. The lowest BCUT2D eigenvalue weighted by Gasteiger charge is -2.04. The van der Waals surface area contributed by atoms with Gasteiger partial charge in [-0.1, -0.05) is 11.6 Å². The first kappa shape index (κ1) is 12.3. The summed E-state index contributed by atoms with van der Waals surface area (Å²) < 4.78 is 26.0. The van der Waals surface area contributed by atoms with Gasteiger partial charge < -0.3 is 10.3 Å². The number of aromatic nitrogens is 2. The van der Waals surface area contributed by atoms with Gasteiger partial charge in [-0.15, -0.1) is 0 Å². The number of nitrogens with two attached hydrogens (primary N) is 1. The van der Waals surface area contributed by atoms with Gasteiger partial charge in [-0.2, -0.15) is 0 Å². The molecular formula is C10H11ClFN3OS. The average molecular weight is 276 g/mol. The Morgan fingerprint density at radius 3 is 2.94 bits per heavy atom. The van der Waals surface area contributed by atoms with Crippen LogP contribution in [0.3, 0.4) is 0 Å². The van der Waals surface area contributed by atoms with Crippen LogP contribution in [0.25, 0.3) is 11.0 Å². The van der Waals surface area contributed by atoms with E-state index in [1.807, 2.05) is 0 Å². The topological polar surface area (TPSA) is 60.9 Å². The number of anilines is 1. The zero-order valence-corrected chi connectivity index (χ0v) is 10.7. The zero-order chi connectivity index (χ0) is 12.6. The van der Waals surface area contributed by atoms with E-state index in [9.17, 15) is 8.60 Å². The van der Waals surface area contributed by atoms with E-state index in [1.54, 1.807) is 10.8 Å². The maximum absolute atomic E-state index is 13.4. The van der Waals surface area contributed by atoms with Gasteiger partial charge in [-0.05, 0) is 6.07 Å². The van der Waals surface area contributed by atoms with E-state index < -0.39 is 16.6 Å². The number of fused-ring (bicyclic) bond motifs is 1. The van der Waals surface area contributed by atoms with Gasteiger partial charge in [0.25, 0.3) is 0 Å². The fraction of sp³-hybridized carbons (Fsp3) is 0.300. The molecule has 1 aromatic heterocycles. The van der Waals surface area contributed by atoms with Gasteiger partial charge in [0, 0.05) is 35.4 Å². The summed E-state index contributed by atoms with van der Waals surface area (Å²) in [4.78, 5) is 4.08. The number of rotatable bonds is 3. The van der Waals surface area contributed by atoms with Crippen LogP contribution in [0.2, 0.25) is 5.02 Å². The molecular weight excluding hydrogens is 265 g/mol. The van der Waals surface area contributed by atoms with Crippen molar-refractivity contribution < 1.29 is 8.60 Å². The molecule has 0 fully saturated rings. The third-order valence-electron chi connectivity index (χ3n) is 2.42. The van der Waals surface area contributed by atoms with Gasteiger partial charge in [0.05, 0.1) is 16.1 Å². The Kier molecular flexibility index (Phi) is 3.35. The summed E-state index contributed by atoms with van der Waals surface area (Å²) in [5.41, 5.74) is 6.83. The highest BCUT2D eigenvalue weighted by Crippen LogP contribution is 2.24. The van der Waals surface area contributed by atoms with Crippen LogP contribution in [-0.4, -0.2) is 25.8 Å². The molecule has 0 amide bonds. The highest BCUT2D eigenvalue weighted by Gasteiger charge is 2.11. The van der Waals surface area contributed by atoms with Crippen LogP contribution < -0.4 is 5.73 Å². The van der Waals surface area contributed by atoms with E-state index in [4.69, 9.17) is 17.3 Å². The van der Waals surface area contributed by atoms with Crippen LogP contribution in [0.1, 0.15) is 0 Å². The van der Waals surface area contributed by atoms with E-state index in [0.29, 0.717) is 23.3 Å². The first-order chi connectivity index (χ1) is 7.99. The van der Waals surface area contributed by atoms with Crippen molar-refractivity contribution in [1.29, 1.82) is 0 Å². The third-order valence-corrected chi connectivity index (χ3v) is 3.47. The van der Waals surface area contributed by atoms with Crippen molar-refractivity contribution in [1.82, 2.24) is 9.55 Å². The smallest absolute Gasteiger partial charge is 0.201 e. The molecule has 4 nitrogen and oxygen atoms in total. The van der Waals surface area contributed by atoms with E-state index in [2.05, 4.69) is 4.98 Å². The van der Waals surface area contributed by atoms with Crippen molar-refractivity contribution in [2.75, 3.05) is 17.7 Å². The molecule has 2 rings (SSSR count). The maximum atomic E-state index is 13.4. The second-order valence-corrected chi connectivity index (χ2v) is 5.62. The van der Waals surface area contributed by atoms with Crippen molar-refractivity contribution >= 4 is 39.4 Å². The SMILES string of the molecule is CS(=O)CCn1c(N)nc2cc(Cl)c(F)cc21. The number of benzene rings is 1. The number of halogens is 2. The predicted octanol–water partition coefficient (Wildman–Crippen LogP) is 1.79. The number of aryl methyl sites for hydroxylation is 1. The molecule has 0 saturated heterocycles. The lowest BCUT2D eigenvalue weighted by atomic mass is 10.3. The molecule has 1 unspecified atom stereocenters. The van der Waals surface area contributed by atoms with Gasteiger partial charge >= 0.3 is 0 Å². The number of nitrogen functional groups attached to an aromatic ring is 1. The Hall–Kier alpha value is -1.14. The molecule has 0 aliphatic carbocycles. The van der Waals surface area contributed by atoms with Crippen LogP contribution in [0.5, 0.6) is 0 Å². The molecule has 0 spiro atoms. The second-order valence-electron chi connectivity index (χ2n) is 3.65. The van der Waals surface area contributed by atoms with Crippen LogP contribution in [0.4, 0.5) is 10.3 Å². The highest BCUT2D eigenvalue weighted by atomic mass is 35.5. The summed E-state index contributed by atoms with van der Waals surface area (Å²) in [6.45, 7) is 0.437. The fourth-order valence-electron chi connectivity index (χ4n) is 1.59. The lowest BCUT2D eigenvalue weighted by Crippen LogP contribution is -2.09. The van der Waals surface area contributed by atoms with Gasteiger partial charge in [-0.25, -0.2) is 9.37 Å². The normalized spacial score (nSPS) is 13.1. The maximum Gasteiger partial charge on any atom is 0.201 e. The number of imidazole rings is 1. The average Bonchev–Trinajstić information content (AvgIpc) is 2.52. The van der Waals surface area contributed by atoms with Gasteiger partial charge in [0.2, 0.25) is 5.95 Å². The third kappa shape index (κ3) is 2.42. The van der Waals surface area contributed by atoms with Crippen LogP contribution in [-0.2, 0) is 17.3 Å². The second kappa shape index (κ2) is 4.62. The largest absolute Gasteiger partial charge is 0.369 e.